The molecule has 0 aromatic carbocycles. The van der Waals surface area contributed by atoms with Crippen molar-refractivity contribution in [1.29, 1.82) is 0 Å². The molecule has 0 nitrogen and oxygen atoms in total. The maximum atomic E-state index is 2.41. The van der Waals surface area contributed by atoms with Gasteiger partial charge in [-0.25, -0.2) is 0 Å². The molecule has 0 aliphatic heterocycles. The summed E-state index contributed by atoms with van der Waals surface area (Å²) in [6.45, 7) is 11.7. The van der Waals surface area contributed by atoms with Crippen molar-refractivity contribution >= 4 is 0 Å². The minimum atomic E-state index is -0.522. The monoisotopic (exact) mass is 358 g/mol. The van der Waals surface area contributed by atoms with E-state index in [9.17, 15) is 0 Å². The zero-order valence-electron chi connectivity index (χ0n) is 13.2. The molecule has 0 saturated heterocycles. The van der Waals surface area contributed by atoms with Gasteiger partial charge < -0.3 is 0 Å². The molecule has 112 valence electrons. The Morgan fingerprint density at radius 1 is 1.15 bits per heavy atom. The summed E-state index contributed by atoms with van der Waals surface area (Å²) in [5.74, 6) is 0.729. The second-order valence-electron chi connectivity index (χ2n) is 5.55. The molecule has 0 saturated carbocycles. The molecule has 2 aliphatic carbocycles. The van der Waals surface area contributed by atoms with Crippen molar-refractivity contribution in [1.82, 2.24) is 0 Å². The summed E-state index contributed by atoms with van der Waals surface area (Å²) in [4.78, 5) is 0. The van der Waals surface area contributed by atoms with Crippen molar-refractivity contribution in [2.24, 2.45) is 5.92 Å². The zero-order chi connectivity index (χ0) is 13.3. The van der Waals surface area contributed by atoms with Crippen molar-refractivity contribution in [2.45, 2.75) is 53.9 Å². The first-order chi connectivity index (χ1) is 8.56. The second-order valence-corrected chi connectivity index (χ2v) is 8.98. The Bertz CT molecular complexity index is 481. The number of hydrogen-bond acceptors (Lipinski definition) is 0. The van der Waals surface area contributed by atoms with Crippen LogP contribution in [0.3, 0.4) is 0 Å². The van der Waals surface area contributed by atoms with Crippen LogP contribution in [0.15, 0.2) is 41.0 Å². The van der Waals surface area contributed by atoms with E-state index >= 15 is 0 Å². The Hall–Kier alpha value is -0.297. The van der Waals surface area contributed by atoms with Crippen LogP contribution in [-0.4, -0.2) is 0 Å². The van der Waals surface area contributed by atoms with E-state index < -0.39 is 23.2 Å². The second kappa shape index (κ2) is 8.22. The van der Waals surface area contributed by atoms with E-state index in [-0.39, 0.29) is 9.41 Å². The fraction of sp³-hybridized carbons (Fsp3) is 0.529. The van der Waals surface area contributed by atoms with E-state index in [1.807, 2.05) is 6.56 Å². The number of hydrogen-bond donors (Lipinski definition) is 0. The SMILES string of the molecule is CCCC1=[C]([Zr][C]2=C(C)C(C)=C(C)C2C)CC=C1.F.F. The standard InChI is InChI=1S/C9H13.C8H11.2FH.Zr/c1-6-5-7(2)9(4)8(6)3;1-2-5-8-6-3-4-7-8;;;/h6H,1-4H3;3,6H,2,4-5H2,1H3;2*1H;. The Morgan fingerprint density at radius 2 is 1.80 bits per heavy atom. The summed E-state index contributed by atoms with van der Waals surface area (Å²) < 4.78 is 3.67. The maximum absolute atomic E-state index is 2.41. The third-order valence-corrected chi connectivity index (χ3v) is 9.16. The summed E-state index contributed by atoms with van der Waals surface area (Å²) in [6, 6.07) is 0. The van der Waals surface area contributed by atoms with Crippen LogP contribution in [0, 0.1) is 5.92 Å². The maximum Gasteiger partial charge on any atom is -0.269 e. The molecule has 3 heteroatoms. The van der Waals surface area contributed by atoms with Crippen LogP contribution in [0.4, 0.5) is 9.41 Å². The summed E-state index contributed by atoms with van der Waals surface area (Å²) in [5, 5.41) is 0. The average Bonchev–Trinajstić information content (AvgIpc) is 2.86. The first-order valence-corrected chi connectivity index (χ1v) is 9.56. The smallest absolute Gasteiger partial charge is 0.269 e. The van der Waals surface area contributed by atoms with Crippen LogP contribution >= 0.6 is 0 Å². The van der Waals surface area contributed by atoms with Gasteiger partial charge in [0, 0.05) is 0 Å². The van der Waals surface area contributed by atoms with Gasteiger partial charge in [-0.2, -0.15) is 0 Å². The van der Waals surface area contributed by atoms with Crippen molar-refractivity contribution in [2.75, 3.05) is 0 Å². The molecule has 0 aromatic rings. The molecule has 0 aromatic heterocycles. The van der Waals surface area contributed by atoms with E-state index in [2.05, 4.69) is 46.8 Å². The van der Waals surface area contributed by atoms with Gasteiger partial charge in [-0.3, -0.25) is 9.41 Å². The van der Waals surface area contributed by atoms with Gasteiger partial charge in [-0.05, 0) is 0 Å². The molecule has 0 radical (unpaired) electrons. The third kappa shape index (κ3) is 3.67. The molecule has 0 N–H and O–H groups in total. The first kappa shape index (κ1) is 19.7. The van der Waals surface area contributed by atoms with Gasteiger partial charge in [0.05, 0.1) is 0 Å². The topological polar surface area (TPSA) is 0 Å². The van der Waals surface area contributed by atoms with Crippen molar-refractivity contribution in [3.63, 3.8) is 0 Å². The van der Waals surface area contributed by atoms with Gasteiger partial charge in [0.2, 0.25) is 0 Å². The van der Waals surface area contributed by atoms with Crippen molar-refractivity contribution in [3.05, 3.63) is 41.0 Å². The molecule has 2 aliphatic rings. The van der Waals surface area contributed by atoms with Gasteiger partial charge in [0.1, 0.15) is 0 Å². The minimum Gasteiger partial charge on any atom is -0.269 e. The molecule has 0 fully saturated rings. The molecule has 0 heterocycles. The van der Waals surface area contributed by atoms with Crippen molar-refractivity contribution in [3.8, 4) is 0 Å². The number of halogens is 2. The first-order valence-electron chi connectivity index (χ1n) is 7.10. The molecule has 20 heavy (non-hydrogen) atoms. The Morgan fingerprint density at radius 3 is 2.30 bits per heavy atom. The van der Waals surface area contributed by atoms with Gasteiger partial charge in [0.25, 0.3) is 0 Å². The van der Waals surface area contributed by atoms with E-state index in [4.69, 9.17) is 0 Å². The summed E-state index contributed by atoms with van der Waals surface area (Å²) in [7, 11) is 0. The summed E-state index contributed by atoms with van der Waals surface area (Å²) in [5.41, 5.74) is 6.50. The van der Waals surface area contributed by atoms with E-state index in [1.165, 1.54) is 19.3 Å². The molecule has 0 spiro atoms. The van der Waals surface area contributed by atoms with Crippen LogP contribution in [0.25, 0.3) is 0 Å². The normalized spacial score (nSPS) is 21.4. The minimum absolute atomic E-state index is 0. The van der Waals surface area contributed by atoms with Crippen LogP contribution in [0.1, 0.15) is 53.9 Å². The molecular formula is C17H26F2Zr. The summed E-state index contributed by atoms with van der Waals surface area (Å²) in [6.07, 6.45) is 8.60. The molecule has 0 bridgehead atoms. The van der Waals surface area contributed by atoms with Crippen LogP contribution in [0.2, 0.25) is 0 Å². The average molecular weight is 360 g/mol. The Balaban J connectivity index is 0.00000180. The van der Waals surface area contributed by atoms with Crippen LogP contribution in [0.5, 0.6) is 0 Å². The number of rotatable bonds is 4. The predicted molar refractivity (Wildman–Crippen MR) is 80.9 cm³/mol. The molecular weight excluding hydrogens is 333 g/mol. The Labute approximate surface area is 133 Å². The van der Waals surface area contributed by atoms with Gasteiger partial charge in [0.15, 0.2) is 0 Å². The largest absolute Gasteiger partial charge is 0.269 e. The van der Waals surface area contributed by atoms with E-state index in [0.29, 0.717) is 0 Å². The Kier molecular flexibility index (Phi) is 8.10. The molecule has 1 atom stereocenters. The van der Waals surface area contributed by atoms with E-state index in [0.717, 1.165) is 5.92 Å². The third-order valence-electron chi connectivity index (χ3n) is 4.47. The van der Waals surface area contributed by atoms with Crippen LogP contribution in [-0.2, 0) is 23.2 Å². The molecule has 2 rings (SSSR count). The number of allylic oxidation sites excluding steroid dienone is 8. The van der Waals surface area contributed by atoms with E-state index in [1.54, 1.807) is 22.3 Å². The van der Waals surface area contributed by atoms with Crippen LogP contribution < -0.4 is 0 Å². The molecule has 0 amide bonds. The summed E-state index contributed by atoms with van der Waals surface area (Å²) >= 11 is -0.522. The fourth-order valence-electron chi connectivity index (χ4n) is 2.91. The quantitative estimate of drug-likeness (QED) is 0.608. The fourth-order valence-corrected chi connectivity index (χ4v) is 7.15. The predicted octanol–water partition coefficient (Wildman–Crippen LogP) is 5.65. The van der Waals surface area contributed by atoms with Gasteiger partial charge in [-0.15, -0.1) is 0 Å². The van der Waals surface area contributed by atoms with Crippen molar-refractivity contribution < 1.29 is 32.6 Å². The molecule has 1 unspecified atom stereocenters. The van der Waals surface area contributed by atoms with Gasteiger partial charge in [-0.1, -0.05) is 0 Å². The zero-order valence-corrected chi connectivity index (χ0v) is 15.6. The van der Waals surface area contributed by atoms with Gasteiger partial charge >= 0.3 is 124 Å².